The van der Waals surface area contributed by atoms with Crippen LogP contribution in [0.2, 0.25) is 0 Å². The summed E-state index contributed by atoms with van der Waals surface area (Å²) in [6, 6.07) is 83.1. The van der Waals surface area contributed by atoms with Crippen LogP contribution in [-0.4, -0.2) is 0 Å². The van der Waals surface area contributed by atoms with E-state index in [0.717, 1.165) is 17.1 Å². The standard InChI is InChI=1S/C64H49N/c1-63(2)56-25-15-13-21-51(56)52-40-39-50(41-58(52)63)65(48-35-31-44(32-36-48)42-17-7-5-8-18-42)49-37-33-45(34-38-49)43-27-29-47(30-28-43)59-53-22-11-12-23-54(53)62-61(60(59)46-19-9-6-10-20-46)55-24-14-16-26-57(55)64(62,3)4/h5-41H,1-4H3. The Morgan fingerprint density at radius 1 is 0.277 bits per heavy atom. The van der Waals surface area contributed by atoms with Crippen LogP contribution in [0.5, 0.6) is 0 Å². The minimum atomic E-state index is -0.131. The number of benzene rings is 10. The Kier molecular flexibility index (Phi) is 8.94. The zero-order chi connectivity index (χ0) is 43.9. The Morgan fingerprint density at radius 2 is 0.692 bits per heavy atom. The highest BCUT2D eigenvalue weighted by molar-refractivity contribution is 6.14. The first-order valence-electron chi connectivity index (χ1n) is 22.9. The lowest BCUT2D eigenvalue weighted by molar-refractivity contribution is 0.660. The van der Waals surface area contributed by atoms with E-state index in [1.165, 1.54) is 99.8 Å². The fraction of sp³-hybridized carbons (Fsp3) is 0.0938. The Balaban J connectivity index is 0.951. The van der Waals surface area contributed by atoms with Crippen LogP contribution in [0.1, 0.15) is 49.9 Å². The molecule has 1 heteroatoms. The summed E-state index contributed by atoms with van der Waals surface area (Å²) >= 11 is 0. The molecule has 310 valence electrons. The van der Waals surface area contributed by atoms with Crippen LogP contribution in [0.25, 0.3) is 77.5 Å². The first-order chi connectivity index (χ1) is 31.8. The topological polar surface area (TPSA) is 3.24 Å². The van der Waals surface area contributed by atoms with Crippen LogP contribution in [-0.2, 0) is 10.8 Å². The second-order valence-corrected chi connectivity index (χ2v) is 18.9. The molecule has 0 amide bonds. The predicted molar refractivity (Wildman–Crippen MR) is 276 cm³/mol. The van der Waals surface area contributed by atoms with Crippen LogP contribution in [0.15, 0.2) is 224 Å². The van der Waals surface area contributed by atoms with Crippen molar-refractivity contribution in [2.75, 3.05) is 4.90 Å². The number of rotatable bonds is 7. The van der Waals surface area contributed by atoms with E-state index in [9.17, 15) is 0 Å². The van der Waals surface area contributed by atoms with E-state index >= 15 is 0 Å². The van der Waals surface area contributed by atoms with Gasteiger partial charge < -0.3 is 4.90 Å². The molecule has 0 fully saturated rings. The lowest BCUT2D eigenvalue weighted by Crippen LogP contribution is -2.16. The average Bonchev–Trinajstić information content (AvgIpc) is 3.74. The molecule has 12 rings (SSSR count). The van der Waals surface area contributed by atoms with Crippen molar-refractivity contribution in [3.8, 4) is 66.8 Å². The third-order valence-corrected chi connectivity index (χ3v) is 14.5. The van der Waals surface area contributed by atoms with Gasteiger partial charge in [0.25, 0.3) is 0 Å². The van der Waals surface area contributed by atoms with Crippen LogP contribution >= 0.6 is 0 Å². The number of anilines is 3. The lowest BCUT2D eigenvalue weighted by atomic mass is 9.77. The molecule has 0 radical (unpaired) electrons. The van der Waals surface area contributed by atoms with Crippen molar-refractivity contribution in [2.24, 2.45) is 0 Å². The summed E-state index contributed by atoms with van der Waals surface area (Å²) in [5.74, 6) is 0. The van der Waals surface area contributed by atoms with Crippen LogP contribution < -0.4 is 4.90 Å². The molecule has 0 atom stereocenters. The fourth-order valence-electron chi connectivity index (χ4n) is 11.3. The third kappa shape index (κ3) is 6.14. The normalized spacial score (nSPS) is 13.8. The van der Waals surface area contributed by atoms with Gasteiger partial charge in [-0.15, -0.1) is 0 Å². The van der Waals surface area contributed by atoms with Gasteiger partial charge in [-0.1, -0.05) is 216 Å². The number of fused-ring (bicyclic) bond motifs is 8. The summed E-state index contributed by atoms with van der Waals surface area (Å²) in [6.07, 6.45) is 0. The zero-order valence-corrected chi connectivity index (χ0v) is 37.3. The summed E-state index contributed by atoms with van der Waals surface area (Å²) in [5, 5.41) is 2.62. The van der Waals surface area contributed by atoms with Crippen molar-refractivity contribution < 1.29 is 0 Å². The van der Waals surface area contributed by atoms with Crippen molar-refractivity contribution in [2.45, 2.75) is 38.5 Å². The van der Waals surface area contributed by atoms with Crippen LogP contribution in [0.4, 0.5) is 17.1 Å². The van der Waals surface area contributed by atoms with Crippen molar-refractivity contribution in [1.82, 2.24) is 0 Å². The van der Waals surface area contributed by atoms with Crippen molar-refractivity contribution in [3.63, 3.8) is 0 Å². The molecule has 2 aliphatic rings. The monoisotopic (exact) mass is 831 g/mol. The summed E-state index contributed by atoms with van der Waals surface area (Å²) in [5.41, 5.74) is 23.9. The maximum atomic E-state index is 2.42. The van der Waals surface area contributed by atoms with Gasteiger partial charge in [-0.25, -0.2) is 0 Å². The quantitative estimate of drug-likeness (QED) is 0.155. The SMILES string of the molecule is CC1(C)c2ccccc2-c2ccc(N(c3ccc(-c4ccccc4)cc3)c3ccc(-c4ccc(-c5c(-c6ccccc6)c6c(c7ccccc57)C(C)(C)c5ccccc5-6)cc4)cc3)cc21. The first kappa shape index (κ1) is 38.9. The summed E-state index contributed by atoms with van der Waals surface area (Å²) in [4.78, 5) is 2.41. The van der Waals surface area contributed by atoms with E-state index in [4.69, 9.17) is 0 Å². The van der Waals surface area contributed by atoms with E-state index in [2.05, 4.69) is 257 Å². The number of hydrogen-bond acceptors (Lipinski definition) is 1. The van der Waals surface area contributed by atoms with Gasteiger partial charge in [0.05, 0.1) is 0 Å². The summed E-state index contributed by atoms with van der Waals surface area (Å²) < 4.78 is 0. The molecule has 0 saturated heterocycles. The molecule has 0 spiro atoms. The molecule has 65 heavy (non-hydrogen) atoms. The maximum absolute atomic E-state index is 2.42. The molecular formula is C64H49N. The van der Waals surface area contributed by atoms with Gasteiger partial charge in [0.1, 0.15) is 0 Å². The molecule has 0 aliphatic heterocycles. The smallest absolute Gasteiger partial charge is 0.0465 e. The van der Waals surface area contributed by atoms with Gasteiger partial charge in [0, 0.05) is 27.9 Å². The first-order valence-corrected chi connectivity index (χ1v) is 22.9. The molecule has 0 N–H and O–H groups in total. The van der Waals surface area contributed by atoms with Crippen molar-refractivity contribution in [1.29, 1.82) is 0 Å². The van der Waals surface area contributed by atoms with E-state index in [1.54, 1.807) is 0 Å². The van der Waals surface area contributed by atoms with E-state index in [1.807, 2.05) is 0 Å². The van der Waals surface area contributed by atoms with Gasteiger partial charge >= 0.3 is 0 Å². The Bertz CT molecular complexity index is 3430. The van der Waals surface area contributed by atoms with Gasteiger partial charge in [-0.2, -0.15) is 0 Å². The minimum absolute atomic E-state index is 0.101. The summed E-state index contributed by atoms with van der Waals surface area (Å²) in [7, 11) is 0. The molecule has 0 bridgehead atoms. The average molecular weight is 832 g/mol. The zero-order valence-electron chi connectivity index (χ0n) is 37.3. The van der Waals surface area contributed by atoms with E-state index in [0.29, 0.717) is 0 Å². The van der Waals surface area contributed by atoms with Crippen LogP contribution in [0, 0.1) is 0 Å². The highest BCUT2D eigenvalue weighted by Crippen LogP contribution is 2.58. The number of nitrogens with zero attached hydrogens (tertiary/aromatic N) is 1. The molecule has 0 aromatic heterocycles. The predicted octanol–water partition coefficient (Wildman–Crippen LogP) is 17.6. The Hall–Kier alpha value is -7.74. The molecule has 10 aromatic rings. The van der Waals surface area contributed by atoms with Gasteiger partial charge in [-0.05, 0) is 136 Å². The number of hydrogen-bond donors (Lipinski definition) is 0. The molecule has 10 aromatic carbocycles. The van der Waals surface area contributed by atoms with Gasteiger partial charge in [0.2, 0.25) is 0 Å². The van der Waals surface area contributed by atoms with Crippen LogP contribution in [0.3, 0.4) is 0 Å². The second kappa shape index (κ2) is 14.9. The molecule has 2 aliphatic carbocycles. The van der Waals surface area contributed by atoms with E-state index in [-0.39, 0.29) is 10.8 Å². The Labute approximate surface area is 383 Å². The highest BCUT2D eigenvalue weighted by Gasteiger charge is 2.40. The van der Waals surface area contributed by atoms with Gasteiger partial charge in [0.15, 0.2) is 0 Å². The minimum Gasteiger partial charge on any atom is -0.310 e. The molecule has 0 heterocycles. The molecule has 0 saturated carbocycles. The molecular weight excluding hydrogens is 783 g/mol. The maximum Gasteiger partial charge on any atom is 0.0465 e. The Morgan fingerprint density at radius 3 is 1.31 bits per heavy atom. The fourth-order valence-corrected chi connectivity index (χ4v) is 11.3. The lowest BCUT2D eigenvalue weighted by Gasteiger charge is -2.28. The third-order valence-electron chi connectivity index (χ3n) is 14.5. The van der Waals surface area contributed by atoms with Crippen molar-refractivity contribution in [3.05, 3.63) is 247 Å². The summed E-state index contributed by atoms with van der Waals surface area (Å²) in [6.45, 7) is 9.50. The highest BCUT2D eigenvalue weighted by atomic mass is 15.1. The molecule has 0 unspecified atom stereocenters. The largest absolute Gasteiger partial charge is 0.310 e. The van der Waals surface area contributed by atoms with Crippen molar-refractivity contribution >= 4 is 27.8 Å². The van der Waals surface area contributed by atoms with Gasteiger partial charge in [-0.3, -0.25) is 0 Å². The second-order valence-electron chi connectivity index (χ2n) is 18.9. The van der Waals surface area contributed by atoms with E-state index < -0.39 is 0 Å². The molecule has 1 nitrogen and oxygen atoms in total.